The predicted octanol–water partition coefficient (Wildman–Crippen LogP) is 6.11. The molecule has 0 spiro atoms. The molecule has 6 nitrogen and oxygen atoms in total. The highest BCUT2D eigenvalue weighted by atomic mass is 16.3. The van der Waals surface area contributed by atoms with Crippen molar-refractivity contribution < 1.29 is 5.11 Å². The summed E-state index contributed by atoms with van der Waals surface area (Å²) in [5.41, 5.74) is 15.1. The molecule has 186 valence electrons. The molecule has 6 aromatic rings. The molecule has 1 saturated carbocycles. The molecule has 0 saturated heterocycles. The van der Waals surface area contributed by atoms with Crippen LogP contribution < -0.4 is 5.73 Å². The first kappa shape index (κ1) is 22.8. The number of fused-ring (bicyclic) bond motifs is 3. The van der Waals surface area contributed by atoms with Crippen molar-refractivity contribution in [2.45, 2.75) is 31.4 Å². The minimum absolute atomic E-state index is 0.0115. The zero-order valence-corrected chi connectivity index (χ0v) is 20.9. The van der Waals surface area contributed by atoms with E-state index in [1.807, 2.05) is 59.1 Å². The highest BCUT2D eigenvalue weighted by Gasteiger charge is 2.34. The molecule has 0 aliphatic heterocycles. The lowest BCUT2D eigenvalue weighted by molar-refractivity contribution is 0.253. The summed E-state index contributed by atoms with van der Waals surface area (Å²) in [6, 6.07) is 30.9. The third-order valence-electron chi connectivity index (χ3n) is 7.83. The summed E-state index contributed by atoms with van der Waals surface area (Å²) in [4.78, 5) is 5.16. The molecule has 0 radical (unpaired) electrons. The quantitative estimate of drug-likeness (QED) is 0.300. The first-order chi connectivity index (χ1) is 18.6. The van der Waals surface area contributed by atoms with Crippen molar-refractivity contribution in [2.75, 3.05) is 0 Å². The molecule has 3 aromatic heterocycles. The van der Waals surface area contributed by atoms with E-state index in [1.165, 1.54) is 12.0 Å². The van der Waals surface area contributed by atoms with E-state index in [1.54, 1.807) is 0 Å². The molecule has 0 atom stereocenters. The molecule has 3 aromatic carbocycles. The number of rotatable bonds is 5. The SMILES string of the molecule is NC1(c2ccc(-c3nc4ccn5c(-c6ccc(CO)cc6)nnc5c4cc3-c3ccccc3)cc2)CCC1. The van der Waals surface area contributed by atoms with Crippen molar-refractivity contribution in [3.8, 4) is 33.8 Å². The normalized spacial score (nSPS) is 14.6. The molecule has 7 rings (SSSR count). The molecule has 1 aliphatic carbocycles. The topological polar surface area (TPSA) is 89.3 Å². The number of nitrogens with two attached hydrogens (primary N) is 1. The second-order valence-corrected chi connectivity index (χ2v) is 10.2. The van der Waals surface area contributed by atoms with Gasteiger partial charge in [0.25, 0.3) is 0 Å². The van der Waals surface area contributed by atoms with Crippen LogP contribution in [0.5, 0.6) is 0 Å². The van der Waals surface area contributed by atoms with Crippen LogP contribution >= 0.6 is 0 Å². The van der Waals surface area contributed by atoms with E-state index < -0.39 is 0 Å². The molecule has 0 amide bonds. The summed E-state index contributed by atoms with van der Waals surface area (Å²) in [5.74, 6) is 0.749. The fourth-order valence-electron chi connectivity index (χ4n) is 5.42. The maximum absolute atomic E-state index is 9.39. The van der Waals surface area contributed by atoms with Crippen LogP contribution in [0.4, 0.5) is 0 Å². The second-order valence-electron chi connectivity index (χ2n) is 10.2. The number of hydrogen-bond donors (Lipinski definition) is 2. The van der Waals surface area contributed by atoms with Crippen LogP contribution in [0.3, 0.4) is 0 Å². The van der Waals surface area contributed by atoms with Crippen LogP contribution in [0.1, 0.15) is 30.4 Å². The van der Waals surface area contributed by atoms with Gasteiger partial charge in [-0.25, -0.2) is 4.98 Å². The Kier molecular flexibility index (Phi) is 5.32. The largest absolute Gasteiger partial charge is 0.392 e. The van der Waals surface area contributed by atoms with Gasteiger partial charge in [0.2, 0.25) is 0 Å². The standard InChI is InChI=1S/C32H27N5O/c33-32(16-4-17-32)25-13-11-23(12-14-25)29-26(22-5-2-1-3-6-22)19-27-28(34-29)15-18-37-30(35-36-31(27)37)24-9-7-21(20-38)8-10-24/h1-3,5-15,18-19,38H,4,16-17,20,33H2. The van der Waals surface area contributed by atoms with Gasteiger partial charge in [-0.3, -0.25) is 4.40 Å². The lowest BCUT2D eigenvalue weighted by atomic mass is 9.72. The van der Waals surface area contributed by atoms with Crippen molar-refractivity contribution in [1.82, 2.24) is 19.6 Å². The Hall–Kier alpha value is -4.39. The fraction of sp³-hybridized carbons (Fsp3) is 0.156. The number of hydrogen-bond acceptors (Lipinski definition) is 5. The van der Waals surface area contributed by atoms with Gasteiger partial charge in [0.1, 0.15) is 0 Å². The predicted molar refractivity (Wildman–Crippen MR) is 150 cm³/mol. The van der Waals surface area contributed by atoms with Gasteiger partial charge in [0.05, 0.1) is 17.8 Å². The lowest BCUT2D eigenvalue weighted by Crippen LogP contribution is -2.43. The number of aliphatic hydroxyl groups excluding tert-OH is 1. The van der Waals surface area contributed by atoms with Gasteiger partial charge in [-0.2, -0.15) is 0 Å². The van der Waals surface area contributed by atoms with Gasteiger partial charge < -0.3 is 10.8 Å². The second kappa shape index (κ2) is 8.87. The summed E-state index contributed by atoms with van der Waals surface area (Å²) in [6.45, 7) is 0.0115. The van der Waals surface area contributed by atoms with Crippen molar-refractivity contribution in [1.29, 1.82) is 0 Å². The monoisotopic (exact) mass is 497 g/mol. The van der Waals surface area contributed by atoms with E-state index in [4.69, 9.17) is 10.7 Å². The summed E-state index contributed by atoms with van der Waals surface area (Å²) in [7, 11) is 0. The Morgan fingerprint density at radius 2 is 1.55 bits per heavy atom. The minimum atomic E-state index is -0.187. The molecular formula is C32H27N5O. The average Bonchev–Trinajstić information content (AvgIpc) is 3.40. The van der Waals surface area contributed by atoms with E-state index in [9.17, 15) is 5.11 Å². The molecule has 38 heavy (non-hydrogen) atoms. The van der Waals surface area contributed by atoms with Crippen molar-refractivity contribution in [3.05, 3.63) is 108 Å². The van der Waals surface area contributed by atoms with E-state index in [0.717, 1.165) is 68.7 Å². The smallest absolute Gasteiger partial charge is 0.170 e. The van der Waals surface area contributed by atoms with Crippen molar-refractivity contribution >= 4 is 16.6 Å². The highest BCUT2D eigenvalue weighted by molar-refractivity contribution is 5.98. The summed E-state index contributed by atoms with van der Waals surface area (Å²) < 4.78 is 2.00. The molecule has 1 aliphatic rings. The number of pyridine rings is 2. The van der Waals surface area contributed by atoms with E-state index in [-0.39, 0.29) is 12.1 Å². The van der Waals surface area contributed by atoms with Gasteiger partial charge >= 0.3 is 0 Å². The molecule has 3 N–H and O–H groups in total. The molecule has 1 fully saturated rings. The summed E-state index contributed by atoms with van der Waals surface area (Å²) in [6.07, 6.45) is 5.24. The minimum Gasteiger partial charge on any atom is -0.392 e. The zero-order valence-electron chi connectivity index (χ0n) is 20.9. The van der Waals surface area contributed by atoms with Gasteiger partial charge in [-0.1, -0.05) is 78.9 Å². The third kappa shape index (κ3) is 3.69. The zero-order chi connectivity index (χ0) is 25.7. The Bertz CT molecular complexity index is 1770. The molecule has 0 unspecified atom stereocenters. The molecule has 3 heterocycles. The van der Waals surface area contributed by atoms with Gasteiger partial charge in [0.15, 0.2) is 11.5 Å². The first-order valence-corrected chi connectivity index (χ1v) is 13.0. The lowest BCUT2D eigenvalue weighted by Gasteiger charge is -2.38. The number of nitrogens with zero attached hydrogens (tertiary/aromatic N) is 4. The van der Waals surface area contributed by atoms with Crippen LogP contribution in [-0.2, 0) is 12.1 Å². The number of aliphatic hydroxyl groups is 1. The van der Waals surface area contributed by atoms with Crippen molar-refractivity contribution in [2.24, 2.45) is 5.73 Å². The fourth-order valence-corrected chi connectivity index (χ4v) is 5.42. The van der Waals surface area contributed by atoms with Crippen LogP contribution in [0.25, 0.3) is 50.3 Å². The van der Waals surface area contributed by atoms with Crippen molar-refractivity contribution in [3.63, 3.8) is 0 Å². The Labute approximate surface area is 220 Å². The maximum Gasteiger partial charge on any atom is 0.170 e. The Morgan fingerprint density at radius 3 is 2.24 bits per heavy atom. The van der Waals surface area contributed by atoms with E-state index >= 15 is 0 Å². The van der Waals surface area contributed by atoms with Gasteiger partial charge in [0, 0.05) is 33.8 Å². The van der Waals surface area contributed by atoms with Gasteiger partial charge in [-0.15, -0.1) is 10.2 Å². The van der Waals surface area contributed by atoms with Crippen LogP contribution in [0.15, 0.2) is 97.2 Å². The first-order valence-electron chi connectivity index (χ1n) is 13.0. The molecule has 0 bridgehead atoms. The van der Waals surface area contributed by atoms with Gasteiger partial charge in [-0.05, 0) is 48.1 Å². The Morgan fingerprint density at radius 1 is 0.816 bits per heavy atom. The highest BCUT2D eigenvalue weighted by Crippen LogP contribution is 2.40. The Balaban J connectivity index is 1.40. The molecular weight excluding hydrogens is 470 g/mol. The number of aromatic nitrogens is 4. The third-order valence-corrected chi connectivity index (χ3v) is 7.83. The maximum atomic E-state index is 9.39. The van der Waals surface area contributed by atoms with E-state index in [2.05, 4.69) is 52.7 Å². The average molecular weight is 498 g/mol. The molecule has 6 heteroatoms. The van der Waals surface area contributed by atoms with E-state index in [0.29, 0.717) is 0 Å². The number of benzene rings is 3. The van der Waals surface area contributed by atoms with Crippen LogP contribution in [-0.4, -0.2) is 24.7 Å². The van der Waals surface area contributed by atoms with Crippen LogP contribution in [0.2, 0.25) is 0 Å². The van der Waals surface area contributed by atoms with Crippen LogP contribution in [0, 0.1) is 0 Å². The summed E-state index contributed by atoms with van der Waals surface area (Å²) >= 11 is 0. The summed E-state index contributed by atoms with van der Waals surface area (Å²) in [5, 5.41) is 19.4.